The molecule has 0 bridgehead atoms. The lowest BCUT2D eigenvalue weighted by molar-refractivity contribution is -0.148. The molecule has 2 aliphatic rings. The summed E-state index contributed by atoms with van der Waals surface area (Å²) in [7, 11) is 0. The van der Waals surface area contributed by atoms with E-state index in [1.54, 1.807) is 17.2 Å². The third-order valence-corrected chi connectivity index (χ3v) is 6.66. The van der Waals surface area contributed by atoms with Crippen LogP contribution in [0.4, 0.5) is 5.69 Å². The second-order valence-corrected chi connectivity index (χ2v) is 8.50. The van der Waals surface area contributed by atoms with Crippen molar-refractivity contribution in [3.8, 4) is 0 Å². The molecule has 0 radical (unpaired) electrons. The Morgan fingerprint density at radius 1 is 1.24 bits per heavy atom. The monoisotopic (exact) mass is 407 g/mol. The number of thioether (sulfide) groups is 1. The van der Waals surface area contributed by atoms with Gasteiger partial charge < -0.3 is 4.74 Å². The SMILES string of the molecule is Cc1ccc2nc(COC(=O)[C@@]34CCC(=O)N3c3ccccc3S4)cc(=O)n2c1. The molecular weight excluding hydrogens is 390 g/mol. The second kappa shape index (κ2) is 6.45. The molecular formula is C21H17N3O4S. The zero-order chi connectivity index (χ0) is 20.2. The van der Waals surface area contributed by atoms with E-state index in [2.05, 4.69) is 4.98 Å². The van der Waals surface area contributed by atoms with E-state index in [1.807, 2.05) is 37.3 Å². The number of aromatic nitrogens is 2. The van der Waals surface area contributed by atoms with Crippen molar-refractivity contribution in [2.75, 3.05) is 4.90 Å². The Morgan fingerprint density at radius 3 is 2.93 bits per heavy atom. The van der Waals surface area contributed by atoms with Gasteiger partial charge in [-0.2, -0.15) is 0 Å². The van der Waals surface area contributed by atoms with Crippen molar-refractivity contribution < 1.29 is 14.3 Å². The number of fused-ring (bicyclic) bond motifs is 4. The van der Waals surface area contributed by atoms with Crippen molar-refractivity contribution in [1.29, 1.82) is 0 Å². The van der Waals surface area contributed by atoms with Crippen LogP contribution < -0.4 is 10.5 Å². The van der Waals surface area contributed by atoms with Crippen LogP contribution in [-0.2, 0) is 20.9 Å². The Balaban J connectivity index is 1.41. The molecule has 8 heteroatoms. The number of aryl methyl sites for hydroxylation is 1. The Bertz CT molecular complexity index is 1240. The molecule has 1 saturated heterocycles. The summed E-state index contributed by atoms with van der Waals surface area (Å²) in [5.74, 6) is -0.577. The zero-order valence-corrected chi connectivity index (χ0v) is 16.4. The molecule has 1 amide bonds. The van der Waals surface area contributed by atoms with Crippen LogP contribution in [0.5, 0.6) is 0 Å². The number of amides is 1. The summed E-state index contributed by atoms with van der Waals surface area (Å²) >= 11 is 1.35. The van der Waals surface area contributed by atoms with Gasteiger partial charge in [0.1, 0.15) is 12.3 Å². The standard InChI is InChI=1S/C21H17N3O4S/c1-13-6-7-17-22-14(10-19(26)23(17)11-13)12-28-20(27)21-9-8-18(25)24(21)15-4-2-3-5-16(15)29-21/h2-7,10-11H,8-9,12H2,1H3/t21-/m0/s1. The summed E-state index contributed by atoms with van der Waals surface area (Å²) < 4.78 is 7.02. The van der Waals surface area contributed by atoms with E-state index in [4.69, 9.17) is 4.74 Å². The average molecular weight is 407 g/mol. The van der Waals surface area contributed by atoms with Gasteiger partial charge in [-0.05, 0) is 30.7 Å². The van der Waals surface area contributed by atoms with E-state index < -0.39 is 10.8 Å². The lowest BCUT2D eigenvalue weighted by atomic mass is 10.2. The third kappa shape index (κ3) is 2.74. The van der Waals surface area contributed by atoms with E-state index in [9.17, 15) is 14.4 Å². The molecule has 3 aromatic rings. The third-order valence-electron chi connectivity index (χ3n) is 5.20. The number of esters is 1. The normalized spacial score (nSPS) is 20.0. The minimum absolute atomic E-state index is 0.0863. The first-order chi connectivity index (χ1) is 14.0. The van der Waals surface area contributed by atoms with Crippen LogP contribution >= 0.6 is 11.8 Å². The fourth-order valence-electron chi connectivity index (χ4n) is 3.86. The largest absolute Gasteiger partial charge is 0.457 e. The number of hydrogen-bond donors (Lipinski definition) is 0. The first-order valence-electron chi connectivity index (χ1n) is 9.25. The van der Waals surface area contributed by atoms with E-state index in [1.165, 1.54) is 22.2 Å². The number of rotatable bonds is 3. The molecule has 1 aromatic carbocycles. The molecule has 1 fully saturated rings. The van der Waals surface area contributed by atoms with Crippen LogP contribution in [0.3, 0.4) is 0 Å². The van der Waals surface area contributed by atoms with Gasteiger partial charge in [-0.25, -0.2) is 9.78 Å². The van der Waals surface area contributed by atoms with E-state index in [-0.39, 0.29) is 18.1 Å². The lowest BCUT2D eigenvalue weighted by Crippen LogP contribution is -2.47. The molecule has 0 N–H and O–H groups in total. The highest BCUT2D eigenvalue weighted by molar-refractivity contribution is 8.02. The number of anilines is 1. The van der Waals surface area contributed by atoms with Gasteiger partial charge in [0, 0.05) is 30.0 Å². The molecule has 7 nitrogen and oxygen atoms in total. The van der Waals surface area contributed by atoms with Gasteiger partial charge in [-0.1, -0.05) is 30.0 Å². The van der Waals surface area contributed by atoms with Crippen molar-refractivity contribution in [2.24, 2.45) is 0 Å². The van der Waals surface area contributed by atoms with Crippen LogP contribution in [0.15, 0.2) is 58.4 Å². The fourth-order valence-corrected chi connectivity index (χ4v) is 5.27. The summed E-state index contributed by atoms with van der Waals surface area (Å²) in [6.07, 6.45) is 2.40. The summed E-state index contributed by atoms with van der Waals surface area (Å²) in [6, 6.07) is 12.5. The number of carbonyl (C=O) groups excluding carboxylic acids is 2. The number of para-hydroxylation sites is 1. The Hall–Kier alpha value is -3.13. The Morgan fingerprint density at radius 2 is 2.07 bits per heavy atom. The molecule has 0 saturated carbocycles. The summed E-state index contributed by atoms with van der Waals surface area (Å²) in [5, 5.41) is 0. The average Bonchev–Trinajstić information content (AvgIpc) is 3.22. The molecule has 146 valence electrons. The number of nitrogens with zero attached hydrogens (tertiary/aromatic N) is 3. The lowest BCUT2D eigenvalue weighted by Gasteiger charge is -2.28. The van der Waals surface area contributed by atoms with Crippen LogP contribution in [0.2, 0.25) is 0 Å². The highest BCUT2D eigenvalue weighted by Crippen LogP contribution is 2.56. The Kier molecular flexibility index (Phi) is 3.99. The minimum atomic E-state index is -1.08. The molecule has 0 aliphatic carbocycles. The fraction of sp³-hybridized carbons (Fsp3) is 0.238. The summed E-state index contributed by atoms with van der Waals surface area (Å²) in [5.41, 5.74) is 2.33. The number of pyridine rings is 1. The number of benzene rings is 1. The highest BCUT2D eigenvalue weighted by atomic mass is 32.2. The zero-order valence-electron chi connectivity index (χ0n) is 15.6. The second-order valence-electron chi connectivity index (χ2n) is 7.18. The topological polar surface area (TPSA) is 81.0 Å². The van der Waals surface area contributed by atoms with Crippen molar-refractivity contribution in [3.05, 3.63) is 70.3 Å². The Labute approximate surface area is 170 Å². The van der Waals surface area contributed by atoms with Gasteiger partial charge in [-0.15, -0.1) is 0 Å². The van der Waals surface area contributed by atoms with Crippen molar-refractivity contribution in [3.63, 3.8) is 0 Å². The van der Waals surface area contributed by atoms with Crippen molar-refractivity contribution in [2.45, 2.75) is 36.1 Å². The number of ether oxygens (including phenoxy) is 1. The van der Waals surface area contributed by atoms with E-state index in [0.717, 1.165) is 16.1 Å². The van der Waals surface area contributed by atoms with Crippen LogP contribution in [-0.4, -0.2) is 26.1 Å². The molecule has 5 rings (SSSR count). The predicted octanol–water partition coefficient (Wildman–Crippen LogP) is 2.68. The summed E-state index contributed by atoms with van der Waals surface area (Å²) in [6.45, 7) is 1.77. The maximum Gasteiger partial charge on any atom is 0.343 e. The number of hydrogen-bond acceptors (Lipinski definition) is 6. The first-order valence-corrected chi connectivity index (χ1v) is 10.1. The van der Waals surface area contributed by atoms with E-state index in [0.29, 0.717) is 24.2 Å². The molecule has 29 heavy (non-hydrogen) atoms. The van der Waals surface area contributed by atoms with Gasteiger partial charge in [0.2, 0.25) is 5.91 Å². The quantitative estimate of drug-likeness (QED) is 0.621. The predicted molar refractivity (Wildman–Crippen MR) is 108 cm³/mol. The molecule has 1 atom stereocenters. The van der Waals surface area contributed by atoms with Gasteiger partial charge in [0.05, 0.1) is 11.4 Å². The van der Waals surface area contributed by atoms with Crippen molar-refractivity contribution >= 4 is 35.0 Å². The number of carbonyl (C=O) groups is 2. The summed E-state index contributed by atoms with van der Waals surface area (Å²) in [4.78, 5) is 43.7. The maximum absolute atomic E-state index is 13.1. The van der Waals surface area contributed by atoms with Crippen LogP contribution in [0.25, 0.3) is 5.65 Å². The maximum atomic E-state index is 13.1. The van der Waals surface area contributed by atoms with E-state index >= 15 is 0 Å². The van der Waals surface area contributed by atoms with Gasteiger partial charge >= 0.3 is 5.97 Å². The smallest absolute Gasteiger partial charge is 0.343 e. The highest BCUT2D eigenvalue weighted by Gasteiger charge is 2.58. The minimum Gasteiger partial charge on any atom is -0.457 e. The van der Waals surface area contributed by atoms with Gasteiger partial charge in [-0.3, -0.25) is 18.9 Å². The molecule has 0 unspecified atom stereocenters. The first kappa shape index (κ1) is 17.9. The molecule has 2 aliphatic heterocycles. The van der Waals surface area contributed by atoms with Crippen LogP contribution in [0, 0.1) is 6.92 Å². The van der Waals surface area contributed by atoms with Crippen molar-refractivity contribution in [1.82, 2.24) is 9.38 Å². The molecule has 2 aromatic heterocycles. The molecule has 4 heterocycles. The van der Waals surface area contributed by atoms with Crippen LogP contribution in [0.1, 0.15) is 24.1 Å². The van der Waals surface area contributed by atoms with Gasteiger partial charge in [0.25, 0.3) is 5.56 Å². The van der Waals surface area contributed by atoms with Gasteiger partial charge in [0.15, 0.2) is 4.87 Å². The molecule has 0 spiro atoms.